The molecule has 150 valence electrons. The summed E-state index contributed by atoms with van der Waals surface area (Å²) in [7, 11) is 0. The Bertz CT molecular complexity index is 1020. The van der Waals surface area contributed by atoms with Gasteiger partial charge in [0.15, 0.2) is 11.7 Å². The van der Waals surface area contributed by atoms with Crippen LogP contribution in [0.1, 0.15) is 35.2 Å². The van der Waals surface area contributed by atoms with E-state index >= 15 is 0 Å². The Morgan fingerprint density at radius 3 is 2.52 bits per heavy atom. The second-order valence-electron chi connectivity index (χ2n) is 6.30. The number of amides is 2. The van der Waals surface area contributed by atoms with Gasteiger partial charge in [-0.3, -0.25) is 20.4 Å². The molecule has 0 aliphatic carbocycles. The van der Waals surface area contributed by atoms with Crippen LogP contribution in [0, 0.1) is 11.6 Å². The fourth-order valence-corrected chi connectivity index (χ4v) is 2.61. The molecule has 0 fully saturated rings. The lowest BCUT2D eigenvalue weighted by Gasteiger charge is -2.07. The SMILES string of the molecule is CCc1ccc(C(=O)NNC(=O)CCc2ncc(-c3ccc(F)cc3F)o2)cc1. The Labute approximate surface area is 165 Å². The van der Waals surface area contributed by atoms with Gasteiger partial charge in [0, 0.05) is 24.5 Å². The topological polar surface area (TPSA) is 84.2 Å². The molecule has 0 atom stereocenters. The lowest BCUT2D eigenvalue weighted by Crippen LogP contribution is -2.41. The number of oxazole rings is 1. The number of rotatable bonds is 6. The Balaban J connectivity index is 1.49. The summed E-state index contributed by atoms with van der Waals surface area (Å²) < 4.78 is 32.2. The van der Waals surface area contributed by atoms with Crippen molar-refractivity contribution in [1.29, 1.82) is 0 Å². The highest BCUT2D eigenvalue weighted by Crippen LogP contribution is 2.24. The third kappa shape index (κ3) is 5.25. The van der Waals surface area contributed by atoms with Crippen LogP contribution in [0.25, 0.3) is 11.3 Å². The molecule has 8 heteroatoms. The van der Waals surface area contributed by atoms with Crippen LogP contribution in [0.15, 0.2) is 53.1 Å². The fourth-order valence-electron chi connectivity index (χ4n) is 2.61. The predicted octanol–water partition coefficient (Wildman–Crippen LogP) is 3.58. The number of hydrogen-bond donors (Lipinski definition) is 2. The van der Waals surface area contributed by atoms with E-state index in [1.807, 2.05) is 19.1 Å². The van der Waals surface area contributed by atoms with Gasteiger partial charge in [-0.15, -0.1) is 0 Å². The number of carbonyl (C=O) groups excluding carboxylic acids is 2. The zero-order valence-corrected chi connectivity index (χ0v) is 15.7. The first-order valence-corrected chi connectivity index (χ1v) is 9.04. The largest absolute Gasteiger partial charge is 0.441 e. The summed E-state index contributed by atoms with van der Waals surface area (Å²) in [6.45, 7) is 2.02. The molecule has 29 heavy (non-hydrogen) atoms. The van der Waals surface area contributed by atoms with Gasteiger partial charge in [-0.1, -0.05) is 19.1 Å². The third-order valence-corrected chi connectivity index (χ3v) is 4.26. The van der Waals surface area contributed by atoms with Crippen LogP contribution in [0.2, 0.25) is 0 Å². The van der Waals surface area contributed by atoms with E-state index in [1.54, 1.807) is 12.1 Å². The van der Waals surface area contributed by atoms with E-state index in [2.05, 4.69) is 15.8 Å². The smallest absolute Gasteiger partial charge is 0.269 e. The highest BCUT2D eigenvalue weighted by Gasteiger charge is 2.13. The minimum atomic E-state index is -0.764. The maximum atomic E-state index is 13.8. The van der Waals surface area contributed by atoms with Crippen LogP contribution >= 0.6 is 0 Å². The Morgan fingerprint density at radius 2 is 1.83 bits per heavy atom. The molecule has 0 aliphatic rings. The number of hydrogen-bond acceptors (Lipinski definition) is 4. The highest BCUT2D eigenvalue weighted by molar-refractivity contribution is 5.95. The average molecular weight is 399 g/mol. The van der Waals surface area contributed by atoms with E-state index in [0.29, 0.717) is 5.56 Å². The molecule has 1 aromatic heterocycles. The van der Waals surface area contributed by atoms with E-state index in [-0.39, 0.29) is 30.1 Å². The van der Waals surface area contributed by atoms with Crippen molar-refractivity contribution in [2.24, 2.45) is 0 Å². The van der Waals surface area contributed by atoms with Gasteiger partial charge in [0.2, 0.25) is 5.91 Å². The highest BCUT2D eigenvalue weighted by atomic mass is 19.1. The maximum absolute atomic E-state index is 13.8. The van der Waals surface area contributed by atoms with Crippen molar-refractivity contribution in [2.75, 3.05) is 0 Å². The van der Waals surface area contributed by atoms with Gasteiger partial charge < -0.3 is 4.42 Å². The molecule has 3 rings (SSSR count). The minimum Gasteiger partial charge on any atom is -0.441 e. The van der Waals surface area contributed by atoms with Crippen molar-refractivity contribution in [1.82, 2.24) is 15.8 Å². The molecular weight excluding hydrogens is 380 g/mol. The van der Waals surface area contributed by atoms with Gasteiger partial charge in [0.25, 0.3) is 5.91 Å². The van der Waals surface area contributed by atoms with Crippen molar-refractivity contribution in [3.8, 4) is 11.3 Å². The second-order valence-corrected chi connectivity index (χ2v) is 6.30. The number of benzene rings is 2. The lowest BCUT2D eigenvalue weighted by atomic mass is 10.1. The molecule has 0 saturated carbocycles. The first kappa shape index (κ1) is 20.2. The predicted molar refractivity (Wildman–Crippen MR) is 102 cm³/mol. The first-order valence-electron chi connectivity index (χ1n) is 9.04. The van der Waals surface area contributed by atoms with Crippen LogP contribution in [0.4, 0.5) is 8.78 Å². The van der Waals surface area contributed by atoms with E-state index < -0.39 is 23.4 Å². The number of nitrogens with one attached hydrogen (secondary N) is 2. The van der Waals surface area contributed by atoms with Gasteiger partial charge in [-0.05, 0) is 36.2 Å². The van der Waals surface area contributed by atoms with Crippen LogP contribution in [-0.4, -0.2) is 16.8 Å². The third-order valence-electron chi connectivity index (χ3n) is 4.26. The minimum absolute atomic E-state index is 0.000899. The summed E-state index contributed by atoms with van der Waals surface area (Å²) in [5, 5.41) is 0. The van der Waals surface area contributed by atoms with Gasteiger partial charge in [-0.25, -0.2) is 13.8 Å². The zero-order chi connectivity index (χ0) is 20.8. The molecule has 2 amide bonds. The normalized spacial score (nSPS) is 10.6. The van der Waals surface area contributed by atoms with Crippen molar-refractivity contribution in [3.05, 3.63) is 77.3 Å². The molecule has 0 spiro atoms. The molecular formula is C21H19F2N3O3. The summed E-state index contributed by atoms with van der Waals surface area (Å²) >= 11 is 0. The maximum Gasteiger partial charge on any atom is 0.269 e. The number of nitrogens with zero attached hydrogens (tertiary/aromatic N) is 1. The average Bonchev–Trinajstić information content (AvgIpc) is 3.19. The van der Waals surface area contributed by atoms with Gasteiger partial charge in [-0.2, -0.15) is 0 Å². The summed E-state index contributed by atoms with van der Waals surface area (Å²) in [6, 6.07) is 10.2. The Morgan fingerprint density at radius 1 is 1.07 bits per heavy atom. The van der Waals surface area contributed by atoms with E-state index in [9.17, 15) is 18.4 Å². The molecule has 3 aromatic rings. The van der Waals surface area contributed by atoms with Crippen LogP contribution < -0.4 is 10.9 Å². The van der Waals surface area contributed by atoms with Crippen LogP contribution in [0.3, 0.4) is 0 Å². The summed E-state index contributed by atoms with van der Waals surface area (Å²) in [4.78, 5) is 27.9. The number of carbonyl (C=O) groups is 2. The summed E-state index contributed by atoms with van der Waals surface area (Å²) in [5.41, 5.74) is 6.28. The number of aryl methyl sites for hydroxylation is 2. The molecule has 0 saturated heterocycles. The number of halogens is 2. The molecule has 2 N–H and O–H groups in total. The zero-order valence-electron chi connectivity index (χ0n) is 15.7. The van der Waals surface area contributed by atoms with E-state index in [0.717, 1.165) is 24.1 Å². The van der Waals surface area contributed by atoms with Crippen molar-refractivity contribution >= 4 is 11.8 Å². The van der Waals surface area contributed by atoms with E-state index in [4.69, 9.17) is 4.42 Å². The van der Waals surface area contributed by atoms with Crippen LogP contribution in [-0.2, 0) is 17.6 Å². The Kier molecular flexibility index (Phi) is 6.33. The van der Waals surface area contributed by atoms with Crippen LogP contribution in [0.5, 0.6) is 0 Å². The molecule has 0 radical (unpaired) electrons. The van der Waals surface area contributed by atoms with E-state index in [1.165, 1.54) is 12.3 Å². The molecule has 0 unspecified atom stereocenters. The van der Waals surface area contributed by atoms with Crippen molar-refractivity contribution in [3.63, 3.8) is 0 Å². The second kappa shape index (κ2) is 9.09. The monoisotopic (exact) mass is 399 g/mol. The first-order chi connectivity index (χ1) is 14.0. The van der Waals surface area contributed by atoms with Gasteiger partial charge in [0.1, 0.15) is 11.6 Å². The van der Waals surface area contributed by atoms with Gasteiger partial charge >= 0.3 is 0 Å². The molecule has 1 heterocycles. The number of hydrazine groups is 1. The molecule has 0 aliphatic heterocycles. The molecule has 2 aromatic carbocycles. The standard InChI is InChI=1S/C21H19F2N3O3/c1-2-13-3-5-14(6-4-13)21(28)26-25-19(27)9-10-20-24-12-18(29-20)16-8-7-15(22)11-17(16)23/h3-8,11-12H,2,9-10H2,1H3,(H,25,27)(H,26,28). The summed E-state index contributed by atoms with van der Waals surface area (Å²) in [5.74, 6) is -1.95. The number of aromatic nitrogens is 1. The fraction of sp³-hybridized carbons (Fsp3) is 0.190. The van der Waals surface area contributed by atoms with Gasteiger partial charge in [0.05, 0.1) is 11.8 Å². The lowest BCUT2D eigenvalue weighted by molar-refractivity contribution is -0.121. The summed E-state index contributed by atoms with van der Waals surface area (Å²) in [6.07, 6.45) is 2.33. The Hall–Kier alpha value is -3.55. The van der Waals surface area contributed by atoms with Crippen molar-refractivity contribution < 1.29 is 22.8 Å². The quantitative estimate of drug-likeness (QED) is 0.621. The molecule has 0 bridgehead atoms. The molecule has 6 nitrogen and oxygen atoms in total. The van der Waals surface area contributed by atoms with Crippen molar-refractivity contribution in [2.45, 2.75) is 26.2 Å².